The molecule has 0 radical (unpaired) electrons. The monoisotopic (exact) mass is 222 g/mol. The van der Waals surface area contributed by atoms with E-state index in [1.165, 1.54) is 0 Å². The predicted octanol–water partition coefficient (Wildman–Crippen LogP) is 1.04. The van der Waals surface area contributed by atoms with Gasteiger partial charge in [0.1, 0.15) is 0 Å². The lowest BCUT2D eigenvalue weighted by Gasteiger charge is -2.38. The Balaban J connectivity index is 2.01. The summed E-state index contributed by atoms with van der Waals surface area (Å²) >= 11 is 0. The molecule has 0 spiro atoms. The van der Waals surface area contributed by atoms with Crippen molar-refractivity contribution in [1.29, 1.82) is 0 Å². The first-order chi connectivity index (χ1) is 7.70. The number of amides is 1. The Hall–Kier alpha value is -1.36. The van der Waals surface area contributed by atoms with Crippen LogP contribution in [0.15, 0.2) is 6.07 Å². The molecule has 88 valence electrons. The molecule has 5 heteroatoms. The van der Waals surface area contributed by atoms with Crippen molar-refractivity contribution in [1.82, 2.24) is 10.2 Å². The van der Waals surface area contributed by atoms with E-state index in [1.807, 2.05) is 13.0 Å². The van der Waals surface area contributed by atoms with Crippen molar-refractivity contribution in [3.05, 3.63) is 11.8 Å². The molecule has 16 heavy (non-hydrogen) atoms. The fourth-order valence-corrected chi connectivity index (χ4v) is 1.98. The number of hydrogen-bond donors (Lipinski definition) is 3. The van der Waals surface area contributed by atoms with Crippen LogP contribution in [-0.2, 0) is 11.2 Å². The zero-order chi connectivity index (χ0) is 11.6. The van der Waals surface area contributed by atoms with Gasteiger partial charge in [0, 0.05) is 18.3 Å². The summed E-state index contributed by atoms with van der Waals surface area (Å²) in [5, 5.41) is 9.73. The number of H-pyrrole nitrogens is 1. The van der Waals surface area contributed by atoms with E-state index in [1.54, 1.807) is 0 Å². The summed E-state index contributed by atoms with van der Waals surface area (Å²) in [6.07, 6.45) is 3.75. The highest BCUT2D eigenvalue weighted by Crippen LogP contribution is 2.40. The van der Waals surface area contributed by atoms with Gasteiger partial charge in [0.2, 0.25) is 5.91 Å². The van der Waals surface area contributed by atoms with E-state index < -0.39 is 0 Å². The van der Waals surface area contributed by atoms with Crippen molar-refractivity contribution >= 4 is 11.7 Å². The minimum absolute atomic E-state index is 0.00963. The molecule has 1 amide bonds. The van der Waals surface area contributed by atoms with Crippen molar-refractivity contribution in [2.24, 2.45) is 11.1 Å². The fraction of sp³-hybridized carbons (Fsp3) is 0.636. The second-order valence-corrected chi connectivity index (χ2v) is 4.42. The Morgan fingerprint density at radius 3 is 2.88 bits per heavy atom. The highest BCUT2D eigenvalue weighted by Gasteiger charge is 2.42. The van der Waals surface area contributed by atoms with Crippen LogP contribution in [0.3, 0.4) is 0 Å². The molecule has 1 heterocycles. The highest BCUT2D eigenvalue weighted by atomic mass is 16.2. The summed E-state index contributed by atoms with van der Waals surface area (Å²) in [6.45, 7) is 2.45. The van der Waals surface area contributed by atoms with Gasteiger partial charge < -0.3 is 11.1 Å². The van der Waals surface area contributed by atoms with Gasteiger partial charge in [-0.2, -0.15) is 5.10 Å². The second-order valence-electron chi connectivity index (χ2n) is 4.42. The number of aryl methyl sites for hydroxylation is 1. The van der Waals surface area contributed by atoms with Gasteiger partial charge in [0.25, 0.3) is 0 Å². The van der Waals surface area contributed by atoms with Gasteiger partial charge in [-0.25, -0.2) is 0 Å². The topological polar surface area (TPSA) is 83.8 Å². The normalized spacial score (nSPS) is 17.9. The van der Waals surface area contributed by atoms with Crippen molar-refractivity contribution < 1.29 is 4.79 Å². The molecule has 0 aliphatic heterocycles. The molecular weight excluding hydrogens is 204 g/mol. The summed E-state index contributed by atoms with van der Waals surface area (Å²) in [5.41, 5.74) is 6.34. The molecule has 4 N–H and O–H groups in total. The highest BCUT2D eigenvalue weighted by molar-refractivity contribution is 5.95. The first-order valence-electron chi connectivity index (χ1n) is 5.76. The molecule has 1 aromatic rings. The molecule has 1 saturated carbocycles. The number of carbonyl (C=O) groups excluding carboxylic acids is 1. The minimum Gasteiger partial charge on any atom is -0.329 e. The maximum atomic E-state index is 12.0. The number of aromatic amines is 1. The van der Waals surface area contributed by atoms with Crippen LogP contribution in [0, 0.1) is 5.41 Å². The van der Waals surface area contributed by atoms with Gasteiger partial charge in [0.15, 0.2) is 5.82 Å². The van der Waals surface area contributed by atoms with Gasteiger partial charge in [-0.05, 0) is 19.3 Å². The molecule has 1 aliphatic rings. The standard InChI is InChI=1S/C11H18N4O/c1-2-8-6-9(15-14-8)13-10(16)11(7-12)4-3-5-11/h6H,2-5,7,12H2,1H3,(H2,13,14,15,16). The van der Waals surface area contributed by atoms with Crippen LogP contribution in [0.25, 0.3) is 0 Å². The fourth-order valence-electron chi connectivity index (χ4n) is 1.98. The SMILES string of the molecule is CCc1cc(NC(=O)C2(CN)CCC2)n[nH]1. The molecule has 1 fully saturated rings. The van der Waals surface area contributed by atoms with E-state index >= 15 is 0 Å². The first-order valence-corrected chi connectivity index (χ1v) is 5.76. The lowest BCUT2D eigenvalue weighted by Crippen LogP contribution is -2.47. The molecule has 0 aromatic carbocycles. The molecule has 1 aliphatic carbocycles. The maximum absolute atomic E-state index is 12.0. The average Bonchev–Trinajstić information content (AvgIpc) is 2.64. The molecule has 5 nitrogen and oxygen atoms in total. The Bertz CT molecular complexity index is 376. The summed E-state index contributed by atoms with van der Waals surface area (Å²) in [6, 6.07) is 1.86. The van der Waals surface area contributed by atoms with Crippen LogP contribution in [0.1, 0.15) is 31.9 Å². The number of hydrogen-bond acceptors (Lipinski definition) is 3. The lowest BCUT2D eigenvalue weighted by atomic mass is 9.68. The Morgan fingerprint density at radius 1 is 1.69 bits per heavy atom. The first kappa shape index (κ1) is 11.1. The smallest absolute Gasteiger partial charge is 0.233 e. The molecule has 0 bridgehead atoms. The number of carbonyl (C=O) groups is 1. The molecule has 1 aromatic heterocycles. The number of rotatable bonds is 4. The summed E-state index contributed by atoms with van der Waals surface area (Å²) in [4.78, 5) is 12.0. The maximum Gasteiger partial charge on any atom is 0.233 e. The van der Waals surface area contributed by atoms with Gasteiger partial charge in [-0.15, -0.1) is 0 Å². The van der Waals surface area contributed by atoms with Gasteiger partial charge in [0.05, 0.1) is 5.41 Å². The summed E-state index contributed by atoms with van der Waals surface area (Å²) in [5.74, 6) is 0.608. The number of aromatic nitrogens is 2. The van der Waals surface area contributed by atoms with E-state index in [4.69, 9.17) is 5.73 Å². The molecule has 0 unspecified atom stereocenters. The quantitative estimate of drug-likeness (QED) is 0.711. The van der Waals surface area contributed by atoms with Crippen LogP contribution < -0.4 is 11.1 Å². The average molecular weight is 222 g/mol. The van der Waals surface area contributed by atoms with Crippen molar-refractivity contribution in [2.75, 3.05) is 11.9 Å². The summed E-state index contributed by atoms with van der Waals surface area (Å²) < 4.78 is 0. The predicted molar refractivity (Wildman–Crippen MR) is 61.9 cm³/mol. The largest absolute Gasteiger partial charge is 0.329 e. The van der Waals surface area contributed by atoms with E-state index in [0.29, 0.717) is 12.4 Å². The molecular formula is C11H18N4O. The van der Waals surface area contributed by atoms with Crippen LogP contribution in [0.2, 0.25) is 0 Å². The Morgan fingerprint density at radius 2 is 2.44 bits per heavy atom. The molecule has 0 atom stereocenters. The lowest BCUT2D eigenvalue weighted by molar-refractivity contribution is -0.129. The Kier molecular flexibility index (Phi) is 2.96. The van der Waals surface area contributed by atoms with Crippen molar-refractivity contribution in [2.45, 2.75) is 32.6 Å². The molecule has 2 rings (SSSR count). The third-order valence-corrected chi connectivity index (χ3v) is 3.44. The van der Waals surface area contributed by atoms with E-state index in [-0.39, 0.29) is 11.3 Å². The van der Waals surface area contributed by atoms with Crippen LogP contribution in [0.4, 0.5) is 5.82 Å². The number of nitrogens with two attached hydrogens (primary N) is 1. The van der Waals surface area contributed by atoms with Crippen molar-refractivity contribution in [3.63, 3.8) is 0 Å². The minimum atomic E-state index is -0.342. The Labute approximate surface area is 94.8 Å². The van der Waals surface area contributed by atoms with Crippen LogP contribution in [0.5, 0.6) is 0 Å². The van der Waals surface area contributed by atoms with Gasteiger partial charge in [-0.3, -0.25) is 9.89 Å². The van der Waals surface area contributed by atoms with Crippen LogP contribution >= 0.6 is 0 Å². The zero-order valence-corrected chi connectivity index (χ0v) is 9.55. The number of nitrogens with zero attached hydrogens (tertiary/aromatic N) is 1. The third kappa shape index (κ3) is 1.82. The van der Waals surface area contributed by atoms with Gasteiger partial charge in [-0.1, -0.05) is 13.3 Å². The zero-order valence-electron chi connectivity index (χ0n) is 9.55. The van der Waals surface area contributed by atoms with E-state index in [2.05, 4.69) is 15.5 Å². The van der Waals surface area contributed by atoms with Crippen LogP contribution in [-0.4, -0.2) is 22.6 Å². The van der Waals surface area contributed by atoms with E-state index in [9.17, 15) is 4.79 Å². The molecule has 0 saturated heterocycles. The van der Waals surface area contributed by atoms with Crippen molar-refractivity contribution in [3.8, 4) is 0 Å². The number of anilines is 1. The number of nitrogens with one attached hydrogen (secondary N) is 2. The summed E-state index contributed by atoms with van der Waals surface area (Å²) in [7, 11) is 0. The van der Waals surface area contributed by atoms with E-state index in [0.717, 1.165) is 31.4 Å². The van der Waals surface area contributed by atoms with Gasteiger partial charge >= 0.3 is 0 Å². The second kappa shape index (κ2) is 4.25. The third-order valence-electron chi connectivity index (χ3n) is 3.44.